The Morgan fingerprint density at radius 2 is 2.06 bits per heavy atom. The van der Waals surface area contributed by atoms with E-state index in [4.69, 9.17) is 13.9 Å². The van der Waals surface area contributed by atoms with E-state index in [0.717, 1.165) is 27.4 Å². The van der Waals surface area contributed by atoms with Gasteiger partial charge in [0.2, 0.25) is 0 Å². The number of halogens is 1. The second-order valence-electron chi connectivity index (χ2n) is 3.61. The molecule has 5 heteroatoms. The normalized spacial score (nSPS) is 10.2. The standard InChI is InChI=1S/C13H14BrNO3/c1-16-9-3-4-12(17-2)11(7-9)15-8-13-10(14)5-6-18-13/h3-7,15H,8H2,1-2H3. The van der Waals surface area contributed by atoms with Crippen molar-refractivity contribution in [3.63, 3.8) is 0 Å². The molecule has 1 heterocycles. The van der Waals surface area contributed by atoms with Gasteiger partial charge in [-0.05, 0) is 34.1 Å². The van der Waals surface area contributed by atoms with Crippen molar-refractivity contribution in [3.05, 3.63) is 40.8 Å². The molecule has 0 amide bonds. The maximum atomic E-state index is 5.33. The van der Waals surface area contributed by atoms with Crippen molar-refractivity contribution in [3.8, 4) is 11.5 Å². The highest BCUT2D eigenvalue weighted by atomic mass is 79.9. The molecule has 0 aliphatic heterocycles. The third-order valence-electron chi connectivity index (χ3n) is 2.54. The van der Waals surface area contributed by atoms with Gasteiger partial charge in [0.1, 0.15) is 17.3 Å². The molecule has 96 valence electrons. The molecular formula is C13H14BrNO3. The minimum Gasteiger partial charge on any atom is -0.497 e. The first-order chi connectivity index (χ1) is 8.74. The molecule has 1 aromatic heterocycles. The van der Waals surface area contributed by atoms with E-state index < -0.39 is 0 Å². The van der Waals surface area contributed by atoms with Crippen LogP contribution in [0.2, 0.25) is 0 Å². The zero-order valence-electron chi connectivity index (χ0n) is 10.2. The monoisotopic (exact) mass is 311 g/mol. The van der Waals surface area contributed by atoms with Crippen molar-refractivity contribution < 1.29 is 13.9 Å². The van der Waals surface area contributed by atoms with Gasteiger partial charge in [-0.2, -0.15) is 0 Å². The van der Waals surface area contributed by atoms with Crippen LogP contribution in [0.3, 0.4) is 0 Å². The van der Waals surface area contributed by atoms with Crippen molar-refractivity contribution in [2.24, 2.45) is 0 Å². The van der Waals surface area contributed by atoms with E-state index in [1.165, 1.54) is 0 Å². The van der Waals surface area contributed by atoms with Crippen LogP contribution in [0.5, 0.6) is 11.5 Å². The molecule has 0 saturated carbocycles. The summed E-state index contributed by atoms with van der Waals surface area (Å²) in [5.74, 6) is 2.37. The molecule has 0 fully saturated rings. The fraction of sp³-hybridized carbons (Fsp3) is 0.231. The van der Waals surface area contributed by atoms with Crippen molar-refractivity contribution >= 4 is 21.6 Å². The van der Waals surface area contributed by atoms with E-state index in [2.05, 4.69) is 21.2 Å². The summed E-state index contributed by atoms with van der Waals surface area (Å²) in [7, 11) is 3.27. The van der Waals surface area contributed by atoms with Gasteiger partial charge in [0.25, 0.3) is 0 Å². The molecule has 2 aromatic rings. The Balaban J connectivity index is 2.14. The Labute approximate surface area is 114 Å². The minimum absolute atomic E-state index is 0.567. The third-order valence-corrected chi connectivity index (χ3v) is 3.24. The first-order valence-corrected chi connectivity index (χ1v) is 6.21. The molecule has 0 saturated heterocycles. The highest BCUT2D eigenvalue weighted by molar-refractivity contribution is 9.10. The van der Waals surface area contributed by atoms with Crippen molar-refractivity contribution in [1.29, 1.82) is 0 Å². The van der Waals surface area contributed by atoms with E-state index in [1.807, 2.05) is 24.3 Å². The fourth-order valence-electron chi connectivity index (χ4n) is 1.58. The molecule has 0 aliphatic carbocycles. The summed E-state index contributed by atoms with van der Waals surface area (Å²) in [5.41, 5.74) is 0.861. The zero-order chi connectivity index (χ0) is 13.0. The van der Waals surface area contributed by atoms with Gasteiger partial charge in [-0.15, -0.1) is 0 Å². The van der Waals surface area contributed by atoms with E-state index in [1.54, 1.807) is 20.5 Å². The SMILES string of the molecule is COc1ccc(OC)c(NCc2occc2Br)c1. The van der Waals surface area contributed by atoms with Crippen LogP contribution in [0.4, 0.5) is 5.69 Å². The maximum Gasteiger partial charge on any atom is 0.142 e. The second-order valence-corrected chi connectivity index (χ2v) is 4.47. The molecule has 1 N–H and O–H groups in total. The molecule has 0 unspecified atom stereocenters. The summed E-state index contributed by atoms with van der Waals surface area (Å²) in [5, 5.41) is 3.25. The van der Waals surface area contributed by atoms with Crippen LogP contribution >= 0.6 is 15.9 Å². The summed E-state index contributed by atoms with van der Waals surface area (Å²) in [6.07, 6.45) is 1.64. The lowest BCUT2D eigenvalue weighted by Gasteiger charge is -2.11. The Morgan fingerprint density at radius 3 is 2.67 bits per heavy atom. The second kappa shape index (κ2) is 5.82. The maximum absolute atomic E-state index is 5.33. The molecule has 4 nitrogen and oxygen atoms in total. The number of nitrogens with one attached hydrogen (secondary N) is 1. The Morgan fingerprint density at radius 1 is 1.22 bits per heavy atom. The van der Waals surface area contributed by atoms with E-state index in [-0.39, 0.29) is 0 Å². The van der Waals surface area contributed by atoms with Gasteiger partial charge in [-0.3, -0.25) is 0 Å². The summed E-state index contributed by atoms with van der Waals surface area (Å²) in [4.78, 5) is 0. The summed E-state index contributed by atoms with van der Waals surface area (Å²) in [6, 6.07) is 7.46. The molecular weight excluding hydrogens is 298 g/mol. The molecule has 0 spiro atoms. The molecule has 0 atom stereocenters. The lowest BCUT2D eigenvalue weighted by molar-refractivity contribution is 0.404. The summed E-state index contributed by atoms with van der Waals surface area (Å²) in [6.45, 7) is 0.567. The lowest BCUT2D eigenvalue weighted by Crippen LogP contribution is -2.01. The first-order valence-electron chi connectivity index (χ1n) is 5.42. The van der Waals surface area contributed by atoms with Gasteiger partial charge in [0, 0.05) is 6.07 Å². The van der Waals surface area contributed by atoms with Crippen LogP contribution in [0, 0.1) is 0 Å². The number of ether oxygens (including phenoxy) is 2. The number of furan rings is 1. The Hall–Kier alpha value is -1.62. The smallest absolute Gasteiger partial charge is 0.142 e. The molecule has 0 radical (unpaired) electrons. The average molecular weight is 312 g/mol. The first kappa shape index (κ1) is 12.8. The third kappa shape index (κ3) is 2.79. The molecule has 2 rings (SSSR count). The average Bonchev–Trinajstić information content (AvgIpc) is 2.81. The van der Waals surface area contributed by atoms with Gasteiger partial charge >= 0.3 is 0 Å². The predicted octanol–water partition coefficient (Wildman–Crippen LogP) is 3.67. The van der Waals surface area contributed by atoms with Crippen LogP contribution in [-0.2, 0) is 6.54 Å². The Kier molecular flexibility index (Phi) is 4.15. The number of anilines is 1. The Bertz CT molecular complexity index is 525. The van der Waals surface area contributed by atoms with Gasteiger partial charge in [0.05, 0.1) is 37.2 Å². The van der Waals surface area contributed by atoms with Crippen LogP contribution < -0.4 is 14.8 Å². The summed E-state index contributed by atoms with van der Waals surface area (Å²) < 4.78 is 16.7. The van der Waals surface area contributed by atoms with Crippen LogP contribution in [0.25, 0.3) is 0 Å². The highest BCUT2D eigenvalue weighted by Gasteiger charge is 2.07. The lowest BCUT2D eigenvalue weighted by atomic mass is 10.2. The molecule has 1 aromatic carbocycles. The van der Waals surface area contributed by atoms with Crippen molar-refractivity contribution in [2.45, 2.75) is 6.54 Å². The summed E-state index contributed by atoms with van der Waals surface area (Å²) >= 11 is 3.41. The number of benzene rings is 1. The molecule has 18 heavy (non-hydrogen) atoms. The number of rotatable bonds is 5. The number of hydrogen-bond acceptors (Lipinski definition) is 4. The van der Waals surface area contributed by atoms with Crippen LogP contribution in [0.1, 0.15) is 5.76 Å². The highest BCUT2D eigenvalue weighted by Crippen LogP contribution is 2.30. The van der Waals surface area contributed by atoms with E-state index in [9.17, 15) is 0 Å². The zero-order valence-corrected chi connectivity index (χ0v) is 11.8. The van der Waals surface area contributed by atoms with Crippen LogP contribution in [0.15, 0.2) is 39.4 Å². The van der Waals surface area contributed by atoms with Crippen molar-refractivity contribution in [2.75, 3.05) is 19.5 Å². The van der Waals surface area contributed by atoms with Gasteiger partial charge in [-0.25, -0.2) is 0 Å². The van der Waals surface area contributed by atoms with E-state index >= 15 is 0 Å². The van der Waals surface area contributed by atoms with Crippen LogP contribution in [-0.4, -0.2) is 14.2 Å². The topological polar surface area (TPSA) is 43.6 Å². The van der Waals surface area contributed by atoms with Gasteiger partial charge in [-0.1, -0.05) is 0 Å². The molecule has 0 aliphatic rings. The van der Waals surface area contributed by atoms with E-state index in [0.29, 0.717) is 6.54 Å². The fourth-order valence-corrected chi connectivity index (χ4v) is 1.92. The van der Waals surface area contributed by atoms with Gasteiger partial charge < -0.3 is 19.2 Å². The minimum atomic E-state index is 0.567. The molecule has 0 bridgehead atoms. The quantitative estimate of drug-likeness (QED) is 0.915. The largest absolute Gasteiger partial charge is 0.497 e. The van der Waals surface area contributed by atoms with Gasteiger partial charge in [0.15, 0.2) is 0 Å². The number of methoxy groups -OCH3 is 2. The predicted molar refractivity (Wildman–Crippen MR) is 73.3 cm³/mol. The van der Waals surface area contributed by atoms with Crippen molar-refractivity contribution in [1.82, 2.24) is 0 Å². The number of hydrogen-bond donors (Lipinski definition) is 1.